The number of nitrogens with zero attached hydrogens (tertiary/aromatic N) is 1. The zero-order chi connectivity index (χ0) is 17.0. The second-order valence-electron chi connectivity index (χ2n) is 6.51. The summed E-state index contributed by atoms with van der Waals surface area (Å²) < 4.78 is 16.9. The van der Waals surface area contributed by atoms with Crippen molar-refractivity contribution in [1.29, 1.82) is 0 Å². The number of carbonyl (C=O) groups is 1. The molecule has 0 N–H and O–H groups in total. The monoisotopic (exact) mass is 331 g/mol. The van der Waals surface area contributed by atoms with Crippen molar-refractivity contribution in [3.05, 3.63) is 42.5 Å². The van der Waals surface area contributed by atoms with Crippen molar-refractivity contribution < 1.29 is 19.0 Å². The van der Waals surface area contributed by atoms with Crippen LogP contribution in [0.25, 0.3) is 0 Å². The summed E-state index contributed by atoms with van der Waals surface area (Å²) in [5.74, 6) is 0.789. The number of hydrogen-bond donors (Lipinski definition) is 0. The predicted octanol–water partition coefficient (Wildman–Crippen LogP) is 2.66. The first-order valence-electron chi connectivity index (χ1n) is 8.45. The number of carbonyl (C=O) groups excluding carboxylic acids is 1. The third kappa shape index (κ3) is 3.62. The van der Waals surface area contributed by atoms with Gasteiger partial charge in [-0.2, -0.15) is 0 Å². The van der Waals surface area contributed by atoms with Gasteiger partial charge in [0.05, 0.1) is 24.9 Å². The lowest BCUT2D eigenvalue weighted by molar-refractivity contribution is -0.0458. The summed E-state index contributed by atoms with van der Waals surface area (Å²) in [5, 5.41) is 0. The molecule has 0 saturated carbocycles. The molecular weight excluding hydrogens is 306 g/mol. The van der Waals surface area contributed by atoms with Gasteiger partial charge in [0, 0.05) is 25.6 Å². The Hall–Kier alpha value is -1.85. The summed E-state index contributed by atoms with van der Waals surface area (Å²) in [6.45, 7) is 6.11. The molecule has 1 spiro atoms. The molecule has 0 aliphatic carbocycles. The maximum absolute atomic E-state index is 12.8. The van der Waals surface area contributed by atoms with Crippen LogP contribution in [0.1, 0.15) is 29.6 Å². The fraction of sp³-hybridized carbons (Fsp3) is 0.526. The van der Waals surface area contributed by atoms with Crippen LogP contribution in [-0.4, -0.2) is 55.9 Å². The highest BCUT2D eigenvalue weighted by atomic mass is 16.6. The number of piperidine rings is 1. The SMILES string of the molecule is C=CCOc1ccc(C(=O)N2CCC[C@@]3(C[C@@H](OC)CO3)C2)cc1. The van der Waals surface area contributed by atoms with Gasteiger partial charge in [-0.3, -0.25) is 4.79 Å². The van der Waals surface area contributed by atoms with E-state index in [9.17, 15) is 4.79 Å². The van der Waals surface area contributed by atoms with Gasteiger partial charge in [-0.15, -0.1) is 0 Å². The second kappa shape index (κ2) is 7.36. The predicted molar refractivity (Wildman–Crippen MR) is 91.4 cm³/mol. The van der Waals surface area contributed by atoms with Crippen LogP contribution in [0.5, 0.6) is 5.75 Å². The number of hydrogen-bond acceptors (Lipinski definition) is 4. The van der Waals surface area contributed by atoms with Gasteiger partial charge in [-0.1, -0.05) is 12.7 Å². The molecule has 0 unspecified atom stereocenters. The molecule has 0 aromatic heterocycles. The minimum atomic E-state index is -0.235. The molecule has 2 aliphatic heterocycles. The van der Waals surface area contributed by atoms with Crippen LogP contribution >= 0.6 is 0 Å². The van der Waals surface area contributed by atoms with E-state index in [4.69, 9.17) is 14.2 Å². The molecule has 5 nitrogen and oxygen atoms in total. The van der Waals surface area contributed by atoms with E-state index in [1.807, 2.05) is 29.2 Å². The van der Waals surface area contributed by atoms with Gasteiger partial charge < -0.3 is 19.1 Å². The van der Waals surface area contributed by atoms with E-state index in [1.54, 1.807) is 13.2 Å². The lowest BCUT2D eigenvalue weighted by Crippen LogP contribution is -2.50. The Kier molecular flexibility index (Phi) is 5.21. The average Bonchev–Trinajstić information content (AvgIpc) is 3.02. The van der Waals surface area contributed by atoms with Crippen LogP contribution in [0.4, 0.5) is 0 Å². The number of ether oxygens (including phenoxy) is 3. The molecule has 1 aromatic carbocycles. The highest BCUT2D eigenvalue weighted by Gasteiger charge is 2.44. The first-order chi connectivity index (χ1) is 11.7. The average molecular weight is 331 g/mol. The molecule has 2 saturated heterocycles. The Bertz CT molecular complexity index is 586. The van der Waals surface area contributed by atoms with Gasteiger partial charge in [0.15, 0.2) is 0 Å². The van der Waals surface area contributed by atoms with E-state index in [-0.39, 0.29) is 17.6 Å². The zero-order valence-corrected chi connectivity index (χ0v) is 14.2. The molecule has 1 amide bonds. The van der Waals surface area contributed by atoms with Gasteiger partial charge in [0.2, 0.25) is 0 Å². The van der Waals surface area contributed by atoms with Gasteiger partial charge in [-0.25, -0.2) is 0 Å². The number of rotatable bonds is 5. The molecule has 2 aliphatic rings. The fourth-order valence-electron chi connectivity index (χ4n) is 3.54. The zero-order valence-electron chi connectivity index (χ0n) is 14.2. The van der Waals surface area contributed by atoms with Crippen molar-refractivity contribution in [3.63, 3.8) is 0 Å². The minimum Gasteiger partial charge on any atom is -0.490 e. The number of likely N-dealkylation sites (tertiary alicyclic amines) is 1. The Balaban J connectivity index is 1.65. The first kappa shape index (κ1) is 17.0. The van der Waals surface area contributed by atoms with Crippen LogP contribution in [-0.2, 0) is 9.47 Å². The van der Waals surface area contributed by atoms with E-state index < -0.39 is 0 Å². The van der Waals surface area contributed by atoms with Crippen molar-refractivity contribution >= 4 is 5.91 Å². The Morgan fingerprint density at radius 1 is 1.46 bits per heavy atom. The summed E-state index contributed by atoms with van der Waals surface area (Å²) in [6, 6.07) is 7.28. The Morgan fingerprint density at radius 2 is 2.25 bits per heavy atom. The third-order valence-electron chi connectivity index (χ3n) is 4.80. The van der Waals surface area contributed by atoms with Crippen molar-refractivity contribution in [3.8, 4) is 5.75 Å². The number of amides is 1. The summed E-state index contributed by atoms with van der Waals surface area (Å²) in [4.78, 5) is 14.7. The van der Waals surface area contributed by atoms with Crippen molar-refractivity contribution in [1.82, 2.24) is 4.90 Å². The molecular formula is C19H25NO4. The molecule has 24 heavy (non-hydrogen) atoms. The van der Waals surface area contributed by atoms with Crippen molar-refractivity contribution in [2.24, 2.45) is 0 Å². The van der Waals surface area contributed by atoms with Crippen LogP contribution in [0, 0.1) is 0 Å². The topological polar surface area (TPSA) is 48.0 Å². The van der Waals surface area contributed by atoms with Crippen molar-refractivity contribution in [2.45, 2.75) is 31.0 Å². The normalized spacial score (nSPS) is 26.5. The molecule has 1 aromatic rings. The van der Waals surface area contributed by atoms with Crippen LogP contribution < -0.4 is 4.74 Å². The standard InChI is InChI=1S/C19H25NO4/c1-3-11-23-16-7-5-15(6-8-16)18(21)20-10-4-9-19(14-20)12-17(22-2)13-24-19/h3,5-8,17H,1,4,9-14H2,2H3/t17-,19-/m1/s1. The highest BCUT2D eigenvalue weighted by Crippen LogP contribution is 2.36. The maximum Gasteiger partial charge on any atom is 0.253 e. The smallest absolute Gasteiger partial charge is 0.253 e. The summed E-state index contributed by atoms with van der Waals surface area (Å²) in [7, 11) is 1.72. The summed E-state index contributed by atoms with van der Waals surface area (Å²) in [5.41, 5.74) is 0.445. The molecule has 0 bridgehead atoms. The van der Waals surface area contributed by atoms with Gasteiger partial charge in [0.1, 0.15) is 12.4 Å². The van der Waals surface area contributed by atoms with Gasteiger partial charge in [0.25, 0.3) is 5.91 Å². The third-order valence-corrected chi connectivity index (χ3v) is 4.80. The fourth-order valence-corrected chi connectivity index (χ4v) is 3.54. The summed E-state index contributed by atoms with van der Waals surface area (Å²) in [6.07, 6.45) is 4.65. The quantitative estimate of drug-likeness (QED) is 0.778. The number of methoxy groups -OCH3 is 1. The lowest BCUT2D eigenvalue weighted by atomic mass is 9.89. The summed E-state index contributed by atoms with van der Waals surface area (Å²) >= 11 is 0. The van der Waals surface area contributed by atoms with Gasteiger partial charge in [-0.05, 0) is 37.1 Å². The minimum absolute atomic E-state index is 0.0498. The van der Waals surface area contributed by atoms with E-state index in [1.165, 1.54) is 0 Å². The molecule has 130 valence electrons. The Morgan fingerprint density at radius 3 is 2.92 bits per heavy atom. The van der Waals surface area contributed by atoms with E-state index >= 15 is 0 Å². The highest BCUT2D eigenvalue weighted by molar-refractivity contribution is 5.94. The first-order valence-corrected chi connectivity index (χ1v) is 8.45. The van der Waals surface area contributed by atoms with E-state index in [0.29, 0.717) is 25.3 Å². The molecule has 0 radical (unpaired) electrons. The lowest BCUT2D eigenvalue weighted by Gasteiger charge is -2.39. The largest absolute Gasteiger partial charge is 0.490 e. The van der Waals surface area contributed by atoms with Crippen LogP contribution in [0.15, 0.2) is 36.9 Å². The Labute approximate surface area is 143 Å². The molecule has 2 atom stereocenters. The molecule has 3 rings (SSSR count). The van der Waals surface area contributed by atoms with Crippen LogP contribution in [0.3, 0.4) is 0 Å². The van der Waals surface area contributed by atoms with E-state index in [0.717, 1.165) is 31.6 Å². The van der Waals surface area contributed by atoms with E-state index in [2.05, 4.69) is 6.58 Å². The second-order valence-corrected chi connectivity index (χ2v) is 6.51. The molecule has 2 heterocycles. The molecule has 5 heteroatoms. The van der Waals surface area contributed by atoms with Crippen molar-refractivity contribution in [2.75, 3.05) is 33.4 Å². The molecule has 2 fully saturated rings. The van der Waals surface area contributed by atoms with Gasteiger partial charge >= 0.3 is 0 Å². The number of benzene rings is 1. The van der Waals surface area contributed by atoms with Crippen LogP contribution in [0.2, 0.25) is 0 Å². The maximum atomic E-state index is 12.8.